The van der Waals surface area contributed by atoms with Crippen LogP contribution in [0.25, 0.3) is 0 Å². The van der Waals surface area contributed by atoms with Gasteiger partial charge in [-0.2, -0.15) is 0 Å². The van der Waals surface area contributed by atoms with E-state index in [4.69, 9.17) is 4.98 Å². The van der Waals surface area contributed by atoms with E-state index in [1.165, 1.54) is 39.0 Å². The molecule has 0 saturated carbocycles. The average molecular weight is 398 g/mol. The van der Waals surface area contributed by atoms with Crippen molar-refractivity contribution in [3.63, 3.8) is 0 Å². The molecule has 0 amide bonds. The quantitative estimate of drug-likeness (QED) is 0.767. The first-order valence-electron chi connectivity index (χ1n) is 7.20. The Bertz CT molecular complexity index is 581. The number of aryl methyl sites for hydroxylation is 1. The largest absolute Gasteiger partial charge is 0.310 e. The number of fused-ring (bicyclic) bond motifs is 1. The second-order valence-corrected chi connectivity index (χ2v) is 8.07. The molecule has 3 rings (SSSR count). The lowest BCUT2D eigenvalue weighted by atomic mass is 9.80. The summed E-state index contributed by atoms with van der Waals surface area (Å²) in [7, 11) is 0. The van der Waals surface area contributed by atoms with E-state index in [2.05, 4.69) is 58.4 Å². The number of hydrogen-bond acceptors (Lipinski definition) is 3. The molecule has 20 heavy (non-hydrogen) atoms. The third kappa shape index (κ3) is 2.92. The minimum atomic E-state index is 0.397. The van der Waals surface area contributed by atoms with Crippen molar-refractivity contribution < 1.29 is 0 Å². The van der Waals surface area contributed by atoms with Crippen LogP contribution in [0.5, 0.6) is 0 Å². The molecule has 0 bridgehead atoms. The van der Waals surface area contributed by atoms with Gasteiger partial charge in [0.15, 0.2) is 0 Å². The Hall–Kier alpha value is -0.460. The van der Waals surface area contributed by atoms with Gasteiger partial charge in [0.1, 0.15) is 0 Å². The maximum atomic E-state index is 4.70. The van der Waals surface area contributed by atoms with E-state index in [1.54, 1.807) is 0 Å². The number of aromatic nitrogens is 1. The number of nitrogens with one attached hydrogen (secondary N) is 1. The smallest absolute Gasteiger partial charge is 0.0656 e. The highest BCUT2D eigenvalue weighted by Crippen LogP contribution is 2.40. The van der Waals surface area contributed by atoms with E-state index in [-0.39, 0.29) is 0 Å². The Kier molecular flexibility index (Phi) is 4.73. The first-order valence-corrected chi connectivity index (χ1v) is 9.16. The summed E-state index contributed by atoms with van der Waals surface area (Å²) in [6, 6.07) is 7.02. The maximum absolute atomic E-state index is 4.70. The number of hydrogen-bond donors (Lipinski definition) is 1. The van der Waals surface area contributed by atoms with Crippen LogP contribution in [0.15, 0.2) is 29.8 Å². The highest BCUT2D eigenvalue weighted by Gasteiger charge is 2.30. The van der Waals surface area contributed by atoms with Gasteiger partial charge in [0.2, 0.25) is 0 Å². The number of rotatable bonds is 4. The molecule has 2 aromatic rings. The van der Waals surface area contributed by atoms with Crippen LogP contribution in [-0.2, 0) is 6.42 Å². The molecular formula is C16H19IN2S. The van der Waals surface area contributed by atoms with Crippen LogP contribution < -0.4 is 5.32 Å². The monoisotopic (exact) mass is 398 g/mol. The molecule has 2 nitrogen and oxygen atoms in total. The normalized spacial score (nSPS) is 19.6. The first-order chi connectivity index (χ1) is 9.79. The van der Waals surface area contributed by atoms with E-state index in [0.29, 0.717) is 12.0 Å². The highest BCUT2D eigenvalue weighted by molar-refractivity contribution is 14.1. The molecule has 1 aliphatic rings. The Labute approximate surface area is 138 Å². The van der Waals surface area contributed by atoms with Gasteiger partial charge in [-0.3, -0.25) is 4.98 Å². The fourth-order valence-electron chi connectivity index (χ4n) is 3.17. The minimum Gasteiger partial charge on any atom is -0.310 e. The van der Waals surface area contributed by atoms with Gasteiger partial charge in [0.25, 0.3) is 0 Å². The Morgan fingerprint density at radius 1 is 1.55 bits per heavy atom. The summed E-state index contributed by atoms with van der Waals surface area (Å²) in [5.74, 6) is 0.505. The molecule has 4 heteroatoms. The summed E-state index contributed by atoms with van der Waals surface area (Å²) < 4.78 is 1.36. The Morgan fingerprint density at radius 3 is 3.20 bits per heavy atom. The third-order valence-electron chi connectivity index (χ3n) is 4.01. The molecule has 0 radical (unpaired) electrons. The number of likely N-dealkylation sites (N-methyl/N-ethyl adjacent to an activating group) is 1. The molecule has 0 spiro atoms. The van der Waals surface area contributed by atoms with Crippen molar-refractivity contribution in [2.24, 2.45) is 0 Å². The molecule has 106 valence electrons. The van der Waals surface area contributed by atoms with Crippen LogP contribution in [0.3, 0.4) is 0 Å². The van der Waals surface area contributed by atoms with Crippen LogP contribution in [0.4, 0.5) is 0 Å². The maximum Gasteiger partial charge on any atom is 0.0656 e. The van der Waals surface area contributed by atoms with Crippen molar-refractivity contribution in [3.8, 4) is 0 Å². The highest BCUT2D eigenvalue weighted by atomic mass is 127. The van der Waals surface area contributed by atoms with Gasteiger partial charge < -0.3 is 5.32 Å². The van der Waals surface area contributed by atoms with E-state index in [1.807, 2.05) is 17.5 Å². The number of thiophene rings is 1. The molecule has 2 unspecified atom stereocenters. The van der Waals surface area contributed by atoms with E-state index in [0.717, 1.165) is 6.54 Å². The van der Waals surface area contributed by atoms with Crippen molar-refractivity contribution >= 4 is 33.9 Å². The van der Waals surface area contributed by atoms with Gasteiger partial charge in [-0.05, 0) is 77.0 Å². The molecule has 0 aliphatic heterocycles. The zero-order valence-corrected chi connectivity index (χ0v) is 14.6. The summed E-state index contributed by atoms with van der Waals surface area (Å²) in [5.41, 5.74) is 4.17. The molecule has 2 atom stereocenters. The standard InChI is InChI=1S/C16H19IN2S/c1-2-18-16(12-9-14(17)20-10-12)13-7-3-5-11-6-4-8-19-15(11)13/h4,6,8-10,13,16,18H,2-3,5,7H2,1H3. The van der Waals surface area contributed by atoms with Crippen LogP contribution in [-0.4, -0.2) is 11.5 Å². The van der Waals surface area contributed by atoms with Crippen molar-refractivity contribution in [2.45, 2.75) is 38.1 Å². The van der Waals surface area contributed by atoms with Gasteiger partial charge in [-0.25, -0.2) is 0 Å². The SMILES string of the molecule is CCNC(c1csc(I)c1)C1CCCc2cccnc21. The van der Waals surface area contributed by atoms with Crippen molar-refractivity contribution in [2.75, 3.05) is 6.54 Å². The third-order valence-corrected chi connectivity index (χ3v) is 5.82. The summed E-state index contributed by atoms with van der Waals surface area (Å²) >= 11 is 4.24. The van der Waals surface area contributed by atoms with Gasteiger partial charge in [-0.1, -0.05) is 13.0 Å². The summed E-state index contributed by atoms with van der Waals surface area (Å²) in [6.07, 6.45) is 5.62. The van der Waals surface area contributed by atoms with E-state index >= 15 is 0 Å². The lowest BCUT2D eigenvalue weighted by molar-refractivity contribution is 0.401. The van der Waals surface area contributed by atoms with Crippen molar-refractivity contribution in [1.82, 2.24) is 10.3 Å². The molecule has 0 aromatic carbocycles. The van der Waals surface area contributed by atoms with Crippen LogP contribution in [0.2, 0.25) is 0 Å². The molecule has 2 heterocycles. The Balaban J connectivity index is 1.96. The van der Waals surface area contributed by atoms with E-state index in [9.17, 15) is 0 Å². The summed E-state index contributed by atoms with van der Waals surface area (Å²) in [4.78, 5) is 4.70. The van der Waals surface area contributed by atoms with E-state index < -0.39 is 0 Å². The molecule has 0 saturated heterocycles. The topological polar surface area (TPSA) is 24.9 Å². The molecule has 1 N–H and O–H groups in total. The predicted octanol–water partition coefficient (Wildman–Crippen LogP) is 4.52. The Morgan fingerprint density at radius 2 is 2.45 bits per heavy atom. The van der Waals surface area contributed by atoms with Gasteiger partial charge >= 0.3 is 0 Å². The fraction of sp³-hybridized carbons (Fsp3) is 0.438. The van der Waals surface area contributed by atoms with Gasteiger partial charge in [-0.15, -0.1) is 11.3 Å². The molecule has 0 fully saturated rings. The van der Waals surface area contributed by atoms with Crippen LogP contribution in [0, 0.1) is 2.88 Å². The number of halogens is 1. The predicted molar refractivity (Wildman–Crippen MR) is 93.4 cm³/mol. The zero-order valence-electron chi connectivity index (χ0n) is 11.6. The lowest BCUT2D eigenvalue weighted by Gasteiger charge is -2.31. The fourth-order valence-corrected chi connectivity index (χ4v) is 4.58. The number of pyridine rings is 1. The summed E-state index contributed by atoms with van der Waals surface area (Å²) in [6.45, 7) is 3.18. The molecule has 2 aromatic heterocycles. The van der Waals surface area contributed by atoms with Gasteiger partial charge in [0, 0.05) is 23.9 Å². The lowest BCUT2D eigenvalue weighted by Crippen LogP contribution is -2.29. The summed E-state index contributed by atoms with van der Waals surface area (Å²) in [5, 5.41) is 5.98. The van der Waals surface area contributed by atoms with Crippen LogP contribution in [0.1, 0.15) is 48.5 Å². The molecular weight excluding hydrogens is 379 g/mol. The number of nitrogens with zero attached hydrogens (tertiary/aromatic N) is 1. The second kappa shape index (κ2) is 6.54. The van der Waals surface area contributed by atoms with Gasteiger partial charge in [0.05, 0.1) is 2.88 Å². The first kappa shape index (κ1) is 14.5. The zero-order chi connectivity index (χ0) is 13.9. The molecule has 1 aliphatic carbocycles. The second-order valence-electron chi connectivity index (χ2n) is 5.27. The minimum absolute atomic E-state index is 0.397. The van der Waals surface area contributed by atoms with Crippen molar-refractivity contribution in [1.29, 1.82) is 0 Å². The van der Waals surface area contributed by atoms with Crippen molar-refractivity contribution in [3.05, 3.63) is 49.5 Å². The van der Waals surface area contributed by atoms with Crippen LogP contribution >= 0.6 is 33.9 Å². The average Bonchev–Trinajstić information content (AvgIpc) is 2.91.